The zero-order valence-electron chi connectivity index (χ0n) is 8.20. The van der Waals surface area contributed by atoms with Crippen LogP contribution in [0.25, 0.3) is 0 Å². The Morgan fingerprint density at radius 2 is 2.21 bits per heavy atom. The van der Waals surface area contributed by atoms with E-state index < -0.39 is 0 Å². The maximum Gasteiger partial charge on any atom is 0.0594 e. The van der Waals surface area contributed by atoms with Gasteiger partial charge in [0.2, 0.25) is 0 Å². The van der Waals surface area contributed by atoms with Crippen molar-refractivity contribution in [1.29, 1.82) is 0 Å². The van der Waals surface area contributed by atoms with Crippen molar-refractivity contribution >= 4 is 22.9 Å². The summed E-state index contributed by atoms with van der Waals surface area (Å²) >= 11 is 7.84. The molecule has 0 bridgehead atoms. The molecule has 2 nitrogen and oxygen atoms in total. The number of nitrogens with zero attached hydrogens (tertiary/aromatic N) is 1. The van der Waals surface area contributed by atoms with Gasteiger partial charge in [0.1, 0.15) is 0 Å². The van der Waals surface area contributed by atoms with Crippen molar-refractivity contribution in [2.45, 2.75) is 13.0 Å². The van der Waals surface area contributed by atoms with Crippen LogP contribution in [0.15, 0.2) is 11.4 Å². The second kappa shape index (κ2) is 4.62. The molecule has 1 aromatic rings. The first kappa shape index (κ1) is 10.4. The lowest BCUT2D eigenvalue weighted by atomic mass is 10.2. The summed E-state index contributed by atoms with van der Waals surface area (Å²) in [7, 11) is 0. The Balaban J connectivity index is 2.07. The standard InChI is InChI=1S/C10H14ClNOS/c1-8(10-9(11)2-7-14-10)12-3-5-13-6-4-12/h2,7-8H,3-6H2,1H3. The van der Waals surface area contributed by atoms with Crippen molar-refractivity contribution in [3.8, 4) is 0 Å². The van der Waals surface area contributed by atoms with Gasteiger partial charge in [0, 0.05) is 24.0 Å². The number of thiophene rings is 1. The maximum atomic E-state index is 6.11. The lowest BCUT2D eigenvalue weighted by molar-refractivity contribution is 0.0205. The van der Waals surface area contributed by atoms with E-state index in [4.69, 9.17) is 16.3 Å². The molecule has 0 amide bonds. The summed E-state index contributed by atoms with van der Waals surface area (Å²) in [5.74, 6) is 0. The number of hydrogen-bond acceptors (Lipinski definition) is 3. The van der Waals surface area contributed by atoms with E-state index in [0.717, 1.165) is 31.3 Å². The highest BCUT2D eigenvalue weighted by molar-refractivity contribution is 7.10. The topological polar surface area (TPSA) is 12.5 Å². The molecule has 14 heavy (non-hydrogen) atoms. The Kier molecular flexibility index (Phi) is 3.44. The predicted molar refractivity (Wildman–Crippen MR) is 60.1 cm³/mol. The van der Waals surface area contributed by atoms with E-state index in [9.17, 15) is 0 Å². The van der Waals surface area contributed by atoms with Crippen molar-refractivity contribution in [2.24, 2.45) is 0 Å². The van der Waals surface area contributed by atoms with Crippen LogP contribution in [0, 0.1) is 0 Å². The summed E-state index contributed by atoms with van der Waals surface area (Å²) in [5, 5.41) is 2.95. The maximum absolute atomic E-state index is 6.11. The highest BCUT2D eigenvalue weighted by atomic mass is 35.5. The summed E-state index contributed by atoms with van der Waals surface area (Å²) < 4.78 is 5.33. The largest absolute Gasteiger partial charge is 0.379 e. The Hall–Kier alpha value is -0.0900. The number of hydrogen-bond donors (Lipinski definition) is 0. The van der Waals surface area contributed by atoms with Crippen molar-refractivity contribution in [1.82, 2.24) is 4.90 Å². The Bertz CT molecular complexity index is 296. The fourth-order valence-corrected chi connectivity index (χ4v) is 3.04. The highest BCUT2D eigenvalue weighted by Gasteiger charge is 2.20. The summed E-state index contributed by atoms with van der Waals surface area (Å²) in [5.41, 5.74) is 0. The number of halogens is 1. The third kappa shape index (κ3) is 2.11. The van der Waals surface area contributed by atoms with Crippen LogP contribution >= 0.6 is 22.9 Å². The zero-order chi connectivity index (χ0) is 9.97. The van der Waals surface area contributed by atoms with Crippen LogP contribution in [-0.2, 0) is 4.74 Å². The molecule has 0 saturated carbocycles. The lowest BCUT2D eigenvalue weighted by Crippen LogP contribution is -2.37. The molecular weight excluding hydrogens is 218 g/mol. The minimum Gasteiger partial charge on any atom is -0.379 e. The normalized spacial score (nSPS) is 21.0. The van der Waals surface area contributed by atoms with Gasteiger partial charge in [0.25, 0.3) is 0 Å². The van der Waals surface area contributed by atoms with Crippen LogP contribution in [0.4, 0.5) is 0 Å². The van der Waals surface area contributed by atoms with Crippen LogP contribution in [0.2, 0.25) is 5.02 Å². The summed E-state index contributed by atoms with van der Waals surface area (Å²) in [4.78, 5) is 3.69. The fourth-order valence-electron chi connectivity index (χ4n) is 1.73. The van der Waals surface area contributed by atoms with Crippen LogP contribution in [-0.4, -0.2) is 31.2 Å². The lowest BCUT2D eigenvalue weighted by Gasteiger charge is -2.31. The van der Waals surface area contributed by atoms with Crippen molar-refractivity contribution in [2.75, 3.05) is 26.3 Å². The molecule has 78 valence electrons. The van der Waals surface area contributed by atoms with E-state index in [0.29, 0.717) is 6.04 Å². The second-order valence-electron chi connectivity index (χ2n) is 3.46. The van der Waals surface area contributed by atoms with Crippen molar-refractivity contribution in [3.63, 3.8) is 0 Å². The number of rotatable bonds is 2. The molecule has 0 N–H and O–H groups in total. The van der Waals surface area contributed by atoms with Crippen molar-refractivity contribution < 1.29 is 4.74 Å². The molecule has 1 aromatic heterocycles. The molecule has 1 aliphatic heterocycles. The van der Waals surface area contributed by atoms with E-state index in [1.54, 1.807) is 11.3 Å². The summed E-state index contributed by atoms with van der Waals surface area (Å²) in [6, 6.07) is 2.39. The SMILES string of the molecule is CC(c1sccc1Cl)N1CCOCC1. The molecule has 1 aliphatic rings. The van der Waals surface area contributed by atoms with Gasteiger partial charge in [-0.1, -0.05) is 11.6 Å². The minimum atomic E-state index is 0.423. The Labute approximate surface area is 93.4 Å². The van der Waals surface area contributed by atoms with Crippen LogP contribution < -0.4 is 0 Å². The van der Waals surface area contributed by atoms with Gasteiger partial charge in [-0.3, -0.25) is 4.90 Å². The van der Waals surface area contributed by atoms with Gasteiger partial charge in [-0.05, 0) is 18.4 Å². The molecule has 1 fully saturated rings. The molecule has 1 saturated heterocycles. The smallest absolute Gasteiger partial charge is 0.0594 e. The van der Waals surface area contributed by atoms with Gasteiger partial charge >= 0.3 is 0 Å². The minimum absolute atomic E-state index is 0.423. The Morgan fingerprint density at radius 3 is 2.79 bits per heavy atom. The van der Waals surface area contributed by atoms with E-state index in [2.05, 4.69) is 17.2 Å². The average molecular weight is 232 g/mol. The van der Waals surface area contributed by atoms with Gasteiger partial charge in [-0.2, -0.15) is 0 Å². The average Bonchev–Trinajstić information content (AvgIpc) is 2.65. The molecule has 2 heterocycles. The monoisotopic (exact) mass is 231 g/mol. The van der Waals surface area contributed by atoms with Crippen LogP contribution in [0.3, 0.4) is 0 Å². The molecule has 4 heteroatoms. The molecule has 0 aliphatic carbocycles. The molecule has 0 radical (unpaired) electrons. The Morgan fingerprint density at radius 1 is 1.50 bits per heavy atom. The molecule has 0 spiro atoms. The first-order valence-electron chi connectivity index (χ1n) is 4.83. The van der Waals surface area contributed by atoms with Gasteiger partial charge in [0.15, 0.2) is 0 Å². The second-order valence-corrected chi connectivity index (χ2v) is 4.81. The number of ether oxygens (including phenoxy) is 1. The quantitative estimate of drug-likeness (QED) is 0.776. The first-order chi connectivity index (χ1) is 6.79. The third-order valence-electron chi connectivity index (χ3n) is 2.62. The van der Waals surface area contributed by atoms with Crippen LogP contribution in [0.1, 0.15) is 17.8 Å². The van der Waals surface area contributed by atoms with Crippen LogP contribution in [0.5, 0.6) is 0 Å². The van der Waals surface area contributed by atoms with Gasteiger partial charge in [0.05, 0.1) is 18.2 Å². The van der Waals surface area contributed by atoms with E-state index in [1.165, 1.54) is 4.88 Å². The number of morpholine rings is 1. The molecule has 0 aromatic carbocycles. The molecule has 1 unspecified atom stereocenters. The summed E-state index contributed by atoms with van der Waals surface area (Å²) in [6.07, 6.45) is 0. The highest BCUT2D eigenvalue weighted by Crippen LogP contribution is 2.32. The van der Waals surface area contributed by atoms with Gasteiger partial charge < -0.3 is 4.74 Å². The zero-order valence-corrected chi connectivity index (χ0v) is 9.77. The van der Waals surface area contributed by atoms with Crippen molar-refractivity contribution in [3.05, 3.63) is 21.3 Å². The predicted octanol–water partition coefficient (Wildman–Crippen LogP) is 2.79. The summed E-state index contributed by atoms with van der Waals surface area (Å²) in [6.45, 7) is 5.91. The molecule has 2 rings (SSSR count). The third-order valence-corrected chi connectivity index (χ3v) is 4.15. The van der Waals surface area contributed by atoms with Gasteiger partial charge in [-0.25, -0.2) is 0 Å². The first-order valence-corrected chi connectivity index (χ1v) is 6.09. The fraction of sp³-hybridized carbons (Fsp3) is 0.600. The molecular formula is C10H14ClNOS. The van der Waals surface area contributed by atoms with Gasteiger partial charge in [-0.15, -0.1) is 11.3 Å². The van der Waals surface area contributed by atoms with E-state index >= 15 is 0 Å². The molecule has 1 atom stereocenters. The van der Waals surface area contributed by atoms with E-state index in [1.807, 2.05) is 6.07 Å². The van der Waals surface area contributed by atoms with E-state index in [-0.39, 0.29) is 0 Å².